The Morgan fingerprint density at radius 2 is 1.96 bits per heavy atom. The van der Waals surface area contributed by atoms with Gasteiger partial charge in [0.15, 0.2) is 0 Å². The summed E-state index contributed by atoms with van der Waals surface area (Å²) in [6, 6.07) is 10.1. The van der Waals surface area contributed by atoms with E-state index < -0.39 is 0 Å². The van der Waals surface area contributed by atoms with Crippen LogP contribution in [0.15, 0.2) is 34.7 Å². The van der Waals surface area contributed by atoms with Crippen LogP contribution in [-0.4, -0.2) is 25.9 Å². The van der Waals surface area contributed by atoms with Crippen LogP contribution in [0.3, 0.4) is 0 Å². The predicted molar refractivity (Wildman–Crippen MR) is 93.5 cm³/mol. The van der Waals surface area contributed by atoms with Gasteiger partial charge in [0.25, 0.3) is 5.91 Å². The summed E-state index contributed by atoms with van der Waals surface area (Å²) in [4.78, 5) is 12.2. The van der Waals surface area contributed by atoms with Gasteiger partial charge in [0.05, 0.1) is 12.1 Å². The van der Waals surface area contributed by atoms with E-state index in [1.165, 1.54) is 10.2 Å². The number of nitrogens with one attached hydrogen (secondary N) is 1. The molecule has 0 atom stereocenters. The van der Waals surface area contributed by atoms with Crippen LogP contribution in [0.25, 0.3) is 0 Å². The van der Waals surface area contributed by atoms with Crippen molar-refractivity contribution in [3.8, 4) is 0 Å². The number of aryl methyl sites for hydroxylation is 2. The number of carbonyl (C=O) groups excluding carboxylic acids is 1. The highest BCUT2D eigenvalue weighted by molar-refractivity contribution is 6.01. The van der Waals surface area contributed by atoms with E-state index in [1.54, 1.807) is 13.1 Å². The van der Waals surface area contributed by atoms with E-state index in [-0.39, 0.29) is 11.9 Å². The third-order valence-corrected chi connectivity index (χ3v) is 3.92. The summed E-state index contributed by atoms with van der Waals surface area (Å²) < 4.78 is 7.03. The van der Waals surface area contributed by atoms with Gasteiger partial charge < -0.3 is 4.42 Å². The SMILES string of the molecule is Cc1cc(C(=O)Nc2nnc(Cc3ccc(C(C)C)cc3)o2)n(C)n1. The highest BCUT2D eigenvalue weighted by atomic mass is 16.4. The lowest BCUT2D eigenvalue weighted by atomic mass is 10.0. The molecular weight excluding hydrogens is 318 g/mol. The molecule has 0 spiro atoms. The highest BCUT2D eigenvalue weighted by Gasteiger charge is 2.15. The first-order valence-corrected chi connectivity index (χ1v) is 8.15. The van der Waals surface area contributed by atoms with Gasteiger partial charge in [0.1, 0.15) is 5.69 Å². The van der Waals surface area contributed by atoms with Crippen LogP contribution in [0.1, 0.15) is 53.0 Å². The van der Waals surface area contributed by atoms with Crippen LogP contribution in [0, 0.1) is 6.92 Å². The summed E-state index contributed by atoms with van der Waals surface area (Å²) >= 11 is 0. The molecule has 3 aromatic rings. The van der Waals surface area contributed by atoms with E-state index in [1.807, 2.05) is 6.92 Å². The van der Waals surface area contributed by atoms with Crippen LogP contribution in [0.5, 0.6) is 0 Å². The van der Waals surface area contributed by atoms with Crippen molar-refractivity contribution in [1.29, 1.82) is 0 Å². The molecule has 0 aliphatic carbocycles. The maximum absolute atomic E-state index is 12.2. The van der Waals surface area contributed by atoms with Crippen molar-refractivity contribution in [3.05, 3.63) is 58.7 Å². The van der Waals surface area contributed by atoms with E-state index in [9.17, 15) is 4.79 Å². The minimum Gasteiger partial charge on any atom is -0.407 e. The van der Waals surface area contributed by atoms with E-state index in [0.29, 0.717) is 23.9 Å². The second-order valence-electron chi connectivity index (χ2n) is 6.32. The Balaban J connectivity index is 1.66. The number of benzene rings is 1. The van der Waals surface area contributed by atoms with E-state index in [2.05, 4.69) is 58.7 Å². The van der Waals surface area contributed by atoms with Crippen molar-refractivity contribution >= 4 is 11.9 Å². The summed E-state index contributed by atoms with van der Waals surface area (Å²) in [6.07, 6.45) is 0.520. The van der Waals surface area contributed by atoms with Crippen molar-refractivity contribution in [1.82, 2.24) is 20.0 Å². The average molecular weight is 339 g/mol. The average Bonchev–Trinajstić information content (AvgIpc) is 3.13. The van der Waals surface area contributed by atoms with Gasteiger partial charge in [0, 0.05) is 7.05 Å². The smallest absolute Gasteiger partial charge is 0.322 e. The summed E-state index contributed by atoms with van der Waals surface area (Å²) in [5.41, 5.74) is 3.56. The van der Waals surface area contributed by atoms with Crippen LogP contribution in [0.4, 0.5) is 6.01 Å². The van der Waals surface area contributed by atoms with Crippen LogP contribution >= 0.6 is 0 Å². The van der Waals surface area contributed by atoms with Crippen molar-refractivity contribution < 1.29 is 9.21 Å². The largest absolute Gasteiger partial charge is 0.407 e. The Labute approximate surface area is 146 Å². The van der Waals surface area contributed by atoms with Crippen molar-refractivity contribution in [2.75, 3.05) is 5.32 Å². The maximum atomic E-state index is 12.2. The third kappa shape index (κ3) is 3.93. The second-order valence-corrected chi connectivity index (χ2v) is 6.32. The van der Waals surface area contributed by atoms with Gasteiger partial charge in [-0.15, -0.1) is 5.10 Å². The second kappa shape index (κ2) is 6.88. The zero-order chi connectivity index (χ0) is 18.0. The summed E-state index contributed by atoms with van der Waals surface area (Å²) in [5, 5.41) is 14.6. The lowest BCUT2D eigenvalue weighted by Crippen LogP contribution is -2.16. The zero-order valence-corrected chi connectivity index (χ0v) is 14.8. The van der Waals surface area contributed by atoms with E-state index in [0.717, 1.165) is 11.3 Å². The molecular formula is C18H21N5O2. The molecule has 0 aliphatic heterocycles. The molecule has 130 valence electrons. The normalized spacial score (nSPS) is 11.1. The minimum atomic E-state index is -0.334. The molecule has 2 heterocycles. The fourth-order valence-corrected chi connectivity index (χ4v) is 2.55. The Morgan fingerprint density at radius 1 is 1.24 bits per heavy atom. The van der Waals surface area contributed by atoms with E-state index in [4.69, 9.17) is 4.42 Å². The molecule has 0 saturated heterocycles. The lowest BCUT2D eigenvalue weighted by molar-refractivity contribution is 0.101. The molecule has 0 saturated carbocycles. The number of amides is 1. The Morgan fingerprint density at radius 3 is 2.56 bits per heavy atom. The Bertz CT molecular complexity index is 877. The first-order chi connectivity index (χ1) is 11.9. The molecule has 1 amide bonds. The molecule has 7 nitrogen and oxygen atoms in total. The minimum absolute atomic E-state index is 0.0812. The van der Waals surface area contributed by atoms with Crippen molar-refractivity contribution in [3.63, 3.8) is 0 Å². The van der Waals surface area contributed by atoms with Crippen LogP contribution in [-0.2, 0) is 13.5 Å². The number of aromatic nitrogens is 4. The first-order valence-electron chi connectivity index (χ1n) is 8.15. The molecule has 0 unspecified atom stereocenters. The molecule has 25 heavy (non-hydrogen) atoms. The number of rotatable bonds is 5. The maximum Gasteiger partial charge on any atom is 0.322 e. The van der Waals surface area contributed by atoms with Gasteiger partial charge in [-0.3, -0.25) is 14.8 Å². The number of hydrogen-bond donors (Lipinski definition) is 1. The molecule has 3 rings (SSSR count). The topological polar surface area (TPSA) is 85.8 Å². The zero-order valence-electron chi connectivity index (χ0n) is 14.8. The van der Waals surface area contributed by atoms with Gasteiger partial charge in [-0.1, -0.05) is 43.2 Å². The van der Waals surface area contributed by atoms with Gasteiger partial charge >= 0.3 is 6.01 Å². The molecule has 2 aromatic heterocycles. The fraction of sp³-hybridized carbons (Fsp3) is 0.333. The molecule has 1 aromatic carbocycles. The van der Waals surface area contributed by atoms with Crippen LogP contribution in [0.2, 0.25) is 0 Å². The summed E-state index contributed by atoms with van der Waals surface area (Å²) in [7, 11) is 1.71. The Kier molecular flexibility index (Phi) is 4.65. The van der Waals surface area contributed by atoms with Gasteiger partial charge in [-0.25, -0.2) is 0 Å². The quantitative estimate of drug-likeness (QED) is 0.772. The van der Waals surface area contributed by atoms with Crippen molar-refractivity contribution in [2.45, 2.75) is 33.1 Å². The van der Waals surface area contributed by atoms with Gasteiger partial charge in [0.2, 0.25) is 5.89 Å². The number of hydrogen-bond acceptors (Lipinski definition) is 5. The summed E-state index contributed by atoms with van der Waals surface area (Å²) in [6.45, 7) is 6.14. The monoisotopic (exact) mass is 339 g/mol. The Hall–Kier alpha value is -2.96. The number of nitrogens with zero attached hydrogens (tertiary/aromatic N) is 4. The van der Waals surface area contributed by atoms with E-state index >= 15 is 0 Å². The molecule has 0 aliphatic rings. The summed E-state index contributed by atoms with van der Waals surface area (Å²) in [5.74, 6) is 0.614. The molecule has 0 radical (unpaired) electrons. The third-order valence-electron chi connectivity index (χ3n) is 3.92. The number of anilines is 1. The number of carbonyl (C=O) groups is 1. The molecule has 1 N–H and O–H groups in total. The predicted octanol–water partition coefficient (Wildman–Crippen LogP) is 3.08. The standard InChI is InChI=1S/C18H21N5O2/c1-11(2)14-7-5-13(6-8-14)10-16-20-21-18(25-16)19-17(24)15-9-12(3)22-23(15)4/h5-9,11H,10H2,1-4H3,(H,19,21,24). The van der Waals surface area contributed by atoms with Crippen molar-refractivity contribution in [2.24, 2.45) is 7.05 Å². The van der Waals surface area contributed by atoms with Gasteiger partial charge in [-0.2, -0.15) is 5.10 Å². The lowest BCUT2D eigenvalue weighted by Gasteiger charge is -2.05. The molecule has 0 fully saturated rings. The molecule has 0 bridgehead atoms. The first kappa shape index (κ1) is 16.9. The molecule has 7 heteroatoms. The fourth-order valence-electron chi connectivity index (χ4n) is 2.55. The van der Waals surface area contributed by atoms with Gasteiger partial charge in [-0.05, 0) is 30.0 Å². The van der Waals surface area contributed by atoms with Crippen LogP contribution < -0.4 is 5.32 Å². The highest BCUT2D eigenvalue weighted by Crippen LogP contribution is 2.17.